The molecule has 1 N–H and O–H groups in total. The number of nitrogens with zero attached hydrogens (tertiary/aromatic N) is 1. The summed E-state index contributed by atoms with van der Waals surface area (Å²) in [4.78, 5) is 12.0. The van der Waals surface area contributed by atoms with Crippen LogP contribution in [-0.4, -0.2) is 18.1 Å². The summed E-state index contributed by atoms with van der Waals surface area (Å²) in [6, 6.07) is 14.4. The molecule has 122 valence electrons. The van der Waals surface area contributed by atoms with Gasteiger partial charge in [-0.25, -0.2) is 0 Å². The van der Waals surface area contributed by atoms with Gasteiger partial charge in [0.25, 0.3) is 5.91 Å². The number of anilines is 1. The first-order valence-electron chi connectivity index (χ1n) is 7.70. The van der Waals surface area contributed by atoms with Gasteiger partial charge in [0, 0.05) is 17.7 Å². The summed E-state index contributed by atoms with van der Waals surface area (Å²) in [7, 11) is 0. The maximum Gasteiger partial charge on any atom is 0.262 e. The first-order chi connectivity index (χ1) is 11.5. The number of hydrogen-bond donors (Lipinski definition) is 1. The first kappa shape index (κ1) is 15.9. The molecule has 24 heavy (non-hydrogen) atoms. The van der Waals surface area contributed by atoms with Crippen LogP contribution in [0.1, 0.15) is 25.0 Å². The molecule has 2 aromatic rings. The number of hydrogen-bond acceptors (Lipinski definition) is 4. The molecule has 0 saturated carbocycles. The zero-order valence-corrected chi connectivity index (χ0v) is 13.6. The van der Waals surface area contributed by atoms with Gasteiger partial charge in [-0.1, -0.05) is 12.1 Å². The predicted molar refractivity (Wildman–Crippen MR) is 90.1 cm³/mol. The van der Waals surface area contributed by atoms with E-state index < -0.39 is 0 Å². The summed E-state index contributed by atoms with van der Waals surface area (Å²) in [6.45, 7) is 3.93. The van der Waals surface area contributed by atoms with Crippen molar-refractivity contribution in [1.82, 2.24) is 0 Å². The molecule has 3 rings (SSSR count). The average molecular weight is 322 g/mol. The molecule has 1 aliphatic rings. The molecule has 0 unspecified atom stereocenters. The van der Waals surface area contributed by atoms with Gasteiger partial charge in [-0.2, -0.15) is 5.26 Å². The lowest BCUT2D eigenvalue weighted by Gasteiger charge is -2.18. The molecule has 0 bridgehead atoms. The zero-order chi connectivity index (χ0) is 17.2. The van der Waals surface area contributed by atoms with Gasteiger partial charge < -0.3 is 14.8 Å². The second-order valence-electron chi connectivity index (χ2n) is 6.31. The molecule has 0 saturated heterocycles. The van der Waals surface area contributed by atoms with E-state index in [0.29, 0.717) is 22.7 Å². The molecule has 0 atom stereocenters. The van der Waals surface area contributed by atoms with Crippen LogP contribution < -0.4 is 14.8 Å². The molecule has 0 fully saturated rings. The van der Waals surface area contributed by atoms with E-state index >= 15 is 0 Å². The fourth-order valence-corrected chi connectivity index (χ4v) is 2.67. The van der Waals surface area contributed by atoms with Gasteiger partial charge in [0.2, 0.25) is 0 Å². The SMILES string of the molecule is CC1(C)Cc2cccc(OCC(=O)Nc3ccc(C#N)cc3)c2O1. The van der Waals surface area contributed by atoms with E-state index in [1.54, 1.807) is 30.3 Å². The summed E-state index contributed by atoms with van der Waals surface area (Å²) in [6.07, 6.45) is 0.816. The Morgan fingerprint density at radius 1 is 1.29 bits per heavy atom. The van der Waals surface area contributed by atoms with Gasteiger partial charge in [-0.15, -0.1) is 0 Å². The number of para-hydroxylation sites is 1. The summed E-state index contributed by atoms with van der Waals surface area (Å²) >= 11 is 0. The van der Waals surface area contributed by atoms with Crippen LogP contribution in [0, 0.1) is 11.3 Å². The molecule has 1 aliphatic heterocycles. The fourth-order valence-electron chi connectivity index (χ4n) is 2.67. The van der Waals surface area contributed by atoms with E-state index in [9.17, 15) is 4.79 Å². The van der Waals surface area contributed by atoms with Crippen molar-refractivity contribution >= 4 is 11.6 Å². The van der Waals surface area contributed by atoms with Gasteiger partial charge in [0.1, 0.15) is 5.60 Å². The molecule has 1 heterocycles. The summed E-state index contributed by atoms with van der Waals surface area (Å²) in [5.74, 6) is 1.02. The van der Waals surface area contributed by atoms with E-state index in [0.717, 1.165) is 12.0 Å². The maximum atomic E-state index is 12.0. The first-order valence-corrected chi connectivity index (χ1v) is 7.70. The Kier molecular flexibility index (Phi) is 4.13. The minimum atomic E-state index is -0.269. The van der Waals surface area contributed by atoms with Crippen LogP contribution >= 0.6 is 0 Å². The van der Waals surface area contributed by atoms with Gasteiger partial charge in [0.15, 0.2) is 18.1 Å². The number of amides is 1. The van der Waals surface area contributed by atoms with Crippen LogP contribution in [0.3, 0.4) is 0 Å². The molecule has 5 heteroatoms. The Morgan fingerprint density at radius 2 is 2.04 bits per heavy atom. The summed E-state index contributed by atoms with van der Waals surface area (Å²) in [5.41, 5.74) is 2.00. The number of ether oxygens (including phenoxy) is 2. The Morgan fingerprint density at radius 3 is 2.75 bits per heavy atom. The highest BCUT2D eigenvalue weighted by molar-refractivity contribution is 5.91. The number of fused-ring (bicyclic) bond motifs is 1. The van der Waals surface area contributed by atoms with Crippen molar-refractivity contribution in [3.05, 3.63) is 53.6 Å². The highest BCUT2D eigenvalue weighted by Gasteiger charge is 2.32. The van der Waals surface area contributed by atoms with E-state index in [1.165, 1.54) is 0 Å². The number of nitrogens with one attached hydrogen (secondary N) is 1. The van der Waals surface area contributed by atoms with Gasteiger partial charge in [-0.3, -0.25) is 4.79 Å². The van der Waals surface area contributed by atoms with Crippen LogP contribution in [0.5, 0.6) is 11.5 Å². The molecule has 0 spiro atoms. The molecular weight excluding hydrogens is 304 g/mol. The predicted octanol–water partition coefficient (Wildman–Crippen LogP) is 3.29. The standard InChI is InChI=1S/C19H18N2O3/c1-19(2)10-14-4-3-5-16(18(14)24-19)23-12-17(22)21-15-8-6-13(11-20)7-9-15/h3-9H,10,12H2,1-2H3,(H,21,22). The smallest absolute Gasteiger partial charge is 0.262 e. The van der Waals surface area contributed by atoms with Crippen LogP contribution in [0.2, 0.25) is 0 Å². The summed E-state index contributed by atoms with van der Waals surface area (Å²) < 4.78 is 11.5. The lowest BCUT2D eigenvalue weighted by molar-refractivity contribution is -0.118. The number of carbonyl (C=O) groups is 1. The van der Waals surface area contributed by atoms with E-state index in [1.807, 2.05) is 32.0 Å². The van der Waals surface area contributed by atoms with E-state index in [4.69, 9.17) is 14.7 Å². The highest BCUT2D eigenvalue weighted by atomic mass is 16.5. The lowest BCUT2D eigenvalue weighted by Crippen LogP contribution is -2.25. The molecule has 2 aromatic carbocycles. The van der Waals surface area contributed by atoms with Crippen molar-refractivity contribution in [2.24, 2.45) is 0 Å². The van der Waals surface area contributed by atoms with Crippen LogP contribution in [-0.2, 0) is 11.2 Å². The molecule has 5 nitrogen and oxygen atoms in total. The average Bonchev–Trinajstić information content (AvgIpc) is 2.88. The third kappa shape index (κ3) is 3.49. The maximum absolute atomic E-state index is 12.0. The van der Waals surface area contributed by atoms with Crippen LogP contribution in [0.15, 0.2) is 42.5 Å². The van der Waals surface area contributed by atoms with Crippen molar-refractivity contribution in [2.45, 2.75) is 25.9 Å². The third-order valence-corrected chi connectivity index (χ3v) is 3.71. The normalized spacial score (nSPS) is 14.2. The third-order valence-electron chi connectivity index (χ3n) is 3.71. The van der Waals surface area contributed by atoms with Crippen molar-refractivity contribution in [2.75, 3.05) is 11.9 Å². The highest BCUT2D eigenvalue weighted by Crippen LogP contribution is 2.41. The van der Waals surface area contributed by atoms with Crippen molar-refractivity contribution in [1.29, 1.82) is 5.26 Å². The number of nitriles is 1. The van der Waals surface area contributed by atoms with Crippen molar-refractivity contribution in [3.63, 3.8) is 0 Å². The molecular formula is C19H18N2O3. The topological polar surface area (TPSA) is 71.3 Å². The Bertz CT molecular complexity index is 804. The van der Waals surface area contributed by atoms with Gasteiger partial charge in [-0.05, 0) is 44.2 Å². The van der Waals surface area contributed by atoms with Crippen LogP contribution in [0.4, 0.5) is 5.69 Å². The van der Waals surface area contributed by atoms with Gasteiger partial charge >= 0.3 is 0 Å². The molecule has 0 aliphatic carbocycles. The van der Waals surface area contributed by atoms with Crippen LogP contribution in [0.25, 0.3) is 0 Å². The van der Waals surface area contributed by atoms with Gasteiger partial charge in [0.05, 0.1) is 11.6 Å². The minimum absolute atomic E-state index is 0.111. The zero-order valence-electron chi connectivity index (χ0n) is 13.6. The molecule has 0 radical (unpaired) electrons. The number of rotatable bonds is 4. The van der Waals surface area contributed by atoms with Crippen molar-refractivity contribution < 1.29 is 14.3 Å². The van der Waals surface area contributed by atoms with Crippen molar-refractivity contribution in [3.8, 4) is 17.6 Å². The number of benzene rings is 2. The van der Waals surface area contributed by atoms with E-state index in [-0.39, 0.29) is 18.1 Å². The largest absolute Gasteiger partial charge is 0.483 e. The second kappa shape index (κ2) is 6.25. The van der Waals surface area contributed by atoms with E-state index in [2.05, 4.69) is 5.32 Å². The number of carbonyl (C=O) groups excluding carboxylic acids is 1. The second-order valence-corrected chi connectivity index (χ2v) is 6.31. The quantitative estimate of drug-likeness (QED) is 0.937. The lowest BCUT2D eigenvalue weighted by atomic mass is 10.0. The monoisotopic (exact) mass is 322 g/mol. The Labute approximate surface area is 140 Å². The Hall–Kier alpha value is -3.00. The Balaban J connectivity index is 1.61. The minimum Gasteiger partial charge on any atom is -0.483 e. The molecule has 1 amide bonds. The fraction of sp³-hybridized carbons (Fsp3) is 0.263. The molecule has 0 aromatic heterocycles. The summed E-state index contributed by atoms with van der Waals surface area (Å²) in [5, 5.41) is 11.5.